The van der Waals surface area contributed by atoms with Crippen molar-refractivity contribution in [3.05, 3.63) is 39.5 Å². The van der Waals surface area contributed by atoms with Crippen molar-refractivity contribution in [1.29, 1.82) is 0 Å². The summed E-state index contributed by atoms with van der Waals surface area (Å²) >= 11 is 0. The van der Waals surface area contributed by atoms with E-state index in [9.17, 15) is 32.7 Å². The Hall–Kier alpha value is -2.84. The molecule has 0 spiro atoms. The molecule has 170 valence electrons. The van der Waals surface area contributed by atoms with Gasteiger partial charge in [0.1, 0.15) is 6.61 Å². The smallest absolute Gasteiger partial charge is 0.471 e. The zero-order valence-corrected chi connectivity index (χ0v) is 18.1. The Morgan fingerprint density at radius 1 is 1.23 bits per heavy atom. The topological polar surface area (TPSA) is 92.7 Å². The van der Waals surface area contributed by atoms with Gasteiger partial charge in [-0.05, 0) is 49.3 Å². The van der Waals surface area contributed by atoms with Crippen molar-refractivity contribution in [2.45, 2.75) is 60.2 Å². The van der Waals surface area contributed by atoms with E-state index >= 15 is 0 Å². The van der Waals surface area contributed by atoms with Gasteiger partial charge in [0.15, 0.2) is 0 Å². The van der Waals surface area contributed by atoms with Crippen molar-refractivity contribution in [1.82, 2.24) is 0 Å². The molecule has 1 aliphatic heterocycles. The Bertz CT molecular complexity index is 950. The number of allylic oxidation sites excluding steroid dienone is 2. The lowest BCUT2D eigenvalue weighted by Crippen LogP contribution is -2.31. The monoisotopic (exact) mass is 441 g/mol. The number of cyclic esters (lactones) is 1. The second-order valence-electron chi connectivity index (χ2n) is 7.76. The molecule has 2 unspecified atom stereocenters. The molecule has 1 heterocycles. The maximum absolute atomic E-state index is 13.0. The van der Waals surface area contributed by atoms with Gasteiger partial charge in [-0.2, -0.15) is 13.2 Å². The van der Waals surface area contributed by atoms with Crippen molar-refractivity contribution in [3.63, 3.8) is 0 Å². The Morgan fingerprint density at radius 2 is 1.84 bits per heavy atom. The Morgan fingerprint density at radius 3 is 2.35 bits per heavy atom. The van der Waals surface area contributed by atoms with Crippen LogP contribution in [0, 0.1) is 18.8 Å². The van der Waals surface area contributed by atoms with E-state index in [0.29, 0.717) is 17.5 Å². The van der Waals surface area contributed by atoms with Crippen LogP contribution in [0.2, 0.25) is 0 Å². The highest BCUT2D eigenvalue weighted by Crippen LogP contribution is 2.38. The second-order valence-corrected chi connectivity index (χ2v) is 7.76. The zero-order chi connectivity index (χ0) is 23.7. The molecule has 31 heavy (non-hydrogen) atoms. The minimum Gasteiger partial charge on any atom is -0.481 e. The number of carboxylic acid groups (broad SMARTS) is 1. The molecule has 1 aliphatic rings. The quantitative estimate of drug-likeness (QED) is 0.478. The average molecular weight is 441 g/mol. The molecule has 0 radical (unpaired) electrons. The van der Waals surface area contributed by atoms with Crippen LogP contribution in [0.4, 0.5) is 18.9 Å². The summed E-state index contributed by atoms with van der Waals surface area (Å²) in [6, 6.07) is 0. The molecule has 1 aromatic rings. The van der Waals surface area contributed by atoms with Gasteiger partial charge in [0.25, 0.3) is 0 Å². The number of halogens is 3. The van der Waals surface area contributed by atoms with Gasteiger partial charge in [0.2, 0.25) is 0 Å². The van der Waals surface area contributed by atoms with Gasteiger partial charge < -0.3 is 15.2 Å². The van der Waals surface area contributed by atoms with Crippen molar-refractivity contribution in [3.8, 4) is 0 Å². The number of fused-ring (bicyclic) bond motifs is 1. The minimum absolute atomic E-state index is 0.0553. The predicted molar refractivity (Wildman–Crippen MR) is 108 cm³/mol. The molecule has 0 bridgehead atoms. The summed E-state index contributed by atoms with van der Waals surface area (Å²) in [5, 5.41) is 11.1. The van der Waals surface area contributed by atoms with Gasteiger partial charge in [-0.1, -0.05) is 32.4 Å². The van der Waals surface area contributed by atoms with Gasteiger partial charge >= 0.3 is 24.0 Å². The molecule has 2 N–H and O–H groups in total. The fourth-order valence-corrected chi connectivity index (χ4v) is 3.75. The first-order valence-corrected chi connectivity index (χ1v) is 9.93. The summed E-state index contributed by atoms with van der Waals surface area (Å²) in [5.74, 6) is -4.87. The van der Waals surface area contributed by atoms with Crippen molar-refractivity contribution in [2.75, 3.05) is 5.32 Å². The van der Waals surface area contributed by atoms with E-state index in [-0.39, 0.29) is 30.2 Å². The molecule has 0 aliphatic carbocycles. The summed E-state index contributed by atoms with van der Waals surface area (Å²) in [6.07, 6.45) is -2.80. The highest BCUT2D eigenvalue weighted by molar-refractivity contribution is 6.06. The Labute approximate surface area is 178 Å². The second kappa shape index (κ2) is 9.11. The molecule has 2 rings (SSSR count). The lowest BCUT2D eigenvalue weighted by Gasteiger charge is -2.21. The maximum Gasteiger partial charge on any atom is 0.471 e. The fourth-order valence-electron chi connectivity index (χ4n) is 3.75. The van der Waals surface area contributed by atoms with E-state index < -0.39 is 29.9 Å². The van der Waals surface area contributed by atoms with Gasteiger partial charge in [-0.15, -0.1) is 0 Å². The van der Waals surface area contributed by atoms with Crippen LogP contribution in [-0.4, -0.2) is 29.1 Å². The third-order valence-electron chi connectivity index (χ3n) is 6.01. The van der Waals surface area contributed by atoms with E-state index in [1.165, 1.54) is 0 Å². The van der Waals surface area contributed by atoms with Crippen LogP contribution < -0.4 is 5.32 Å². The molecular formula is C22H26F3NO5. The number of anilines is 1. The van der Waals surface area contributed by atoms with E-state index in [1.54, 1.807) is 33.8 Å². The molecule has 2 atom stereocenters. The number of carbonyl (C=O) groups is 3. The number of carboxylic acids is 1. The number of amides is 1. The lowest BCUT2D eigenvalue weighted by atomic mass is 9.85. The van der Waals surface area contributed by atoms with E-state index in [0.717, 1.165) is 16.7 Å². The number of esters is 1. The van der Waals surface area contributed by atoms with Crippen LogP contribution in [-0.2, 0) is 33.8 Å². The number of hydrogen-bond acceptors (Lipinski definition) is 4. The van der Waals surface area contributed by atoms with E-state index in [2.05, 4.69) is 0 Å². The first kappa shape index (κ1) is 24.4. The minimum atomic E-state index is -5.12. The summed E-state index contributed by atoms with van der Waals surface area (Å²) in [7, 11) is 0. The Kier molecular flexibility index (Phi) is 7.18. The van der Waals surface area contributed by atoms with Crippen LogP contribution in [0.5, 0.6) is 0 Å². The fraction of sp³-hybridized carbons (Fsp3) is 0.500. The molecular weight excluding hydrogens is 415 g/mol. The third kappa shape index (κ3) is 4.91. The van der Waals surface area contributed by atoms with E-state index in [4.69, 9.17) is 4.74 Å². The van der Waals surface area contributed by atoms with Crippen LogP contribution >= 0.6 is 0 Å². The van der Waals surface area contributed by atoms with Crippen molar-refractivity contribution in [2.24, 2.45) is 11.8 Å². The molecule has 0 saturated heterocycles. The first-order chi connectivity index (χ1) is 14.3. The predicted octanol–water partition coefficient (Wildman–Crippen LogP) is 4.57. The average Bonchev–Trinajstić information content (AvgIpc) is 3.08. The SMILES string of the molecule is CCc1c(C)c2c(c(NC(=O)C(F)(F)F)c1C/C=C(\C)C(C)C(C)C(=O)O)C(=O)OC2. The summed E-state index contributed by atoms with van der Waals surface area (Å²) < 4.78 is 43.9. The highest BCUT2D eigenvalue weighted by Gasteiger charge is 2.41. The molecule has 0 aromatic heterocycles. The summed E-state index contributed by atoms with van der Waals surface area (Å²) in [6.45, 7) is 8.61. The van der Waals surface area contributed by atoms with Gasteiger partial charge in [-0.25, -0.2) is 4.79 Å². The van der Waals surface area contributed by atoms with Crippen LogP contribution in [0.25, 0.3) is 0 Å². The molecule has 1 amide bonds. The number of nitrogens with one attached hydrogen (secondary N) is 1. The highest BCUT2D eigenvalue weighted by atomic mass is 19.4. The number of benzene rings is 1. The normalized spacial score (nSPS) is 15.9. The van der Waals surface area contributed by atoms with Gasteiger partial charge in [0.05, 0.1) is 17.2 Å². The van der Waals surface area contributed by atoms with Crippen molar-refractivity contribution >= 4 is 23.5 Å². The summed E-state index contributed by atoms with van der Waals surface area (Å²) in [5.41, 5.74) is 2.82. The summed E-state index contributed by atoms with van der Waals surface area (Å²) in [4.78, 5) is 35.3. The Balaban J connectivity index is 2.62. The number of alkyl halides is 3. The molecule has 0 saturated carbocycles. The van der Waals surface area contributed by atoms with Crippen molar-refractivity contribution < 1.29 is 37.4 Å². The molecule has 1 aromatic carbocycles. The molecule has 6 nitrogen and oxygen atoms in total. The zero-order valence-electron chi connectivity index (χ0n) is 18.1. The lowest BCUT2D eigenvalue weighted by molar-refractivity contribution is -0.167. The number of aliphatic carboxylic acids is 1. The van der Waals surface area contributed by atoms with E-state index in [1.807, 2.05) is 12.2 Å². The number of hydrogen-bond donors (Lipinski definition) is 2. The first-order valence-electron chi connectivity index (χ1n) is 9.93. The molecule has 0 fully saturated rings. The van der Waals surface area contributed by atoms with Crippen LogP contribution in [0.3, 0.4) is 0 Å². The molecule has 9 heteroatoms. The van der Waals surface area contributed by atoms with Gasteiger partial charge in [0, 0.05) is 5.56 Å². The van der Waals surface area contributed by atoms with Crippen LogP contribution in [0.15, 0.2) is 11.6 Å². The third-order valence-corrected chi connectivity index (χ3v) is 6.01. The standard InChI is InChI=1S/C22H26F3NO5/c1-6-14-13(5)16-9-31-20(29)17(16)18(26-21(30)22(23,24)25)15(14)8-7-10(2)11(3)12(4)19(27)28/h7,11-12H,6,8-9H2,1-5H3,(H,26,30)(H,27,28)/b10-7+. The van der Waals surface area contributed by atoms with Gasteiger partial charge in [-0.3, -0.25) is 9.59 Å². The van der Waals surface area contributed by atoms with Crippen LogP contribution in [0.1, 0.15) is 60.3 Å². The number of rotatable bonds is 7. The number of carbonyl (C=O) groups excluding carboxylic acids is 2. The largest absolute Gasteiger partial charge is 0.481 e. The number of ether oxygens (including phenoxy) is 1. The maximum atomic E-state index is 13.0.